The number of anilines is 1. The van der Waals surface area contributed by atoms with Gasteiger partial charge < -0.3 is 4.52 Å². The lowest BCUT2D eigenvalue weighted by Crippen LogP contribution is -2.21. The fraction of sp³-hybridized carbons (Fsp3) is 0.375. The van der Waals surface area contributed by atoms with Gasteiger partial charge >= 0.3 is 0 Å². The van der Waals surface area contributed by atoms with Crippen LogP contribution in [0.15, 0.2) is 20.5 Å². The number of thiophene rings is 1. The van der Waals surface area contributed by atoms with Crippen molar-refractivity contribution in [2.45, 2.75) is 31.3 Å². The number of carbonyl (C=O) groups is 1. The molecule has 4 rings (SSSR count). The molecule has 0 fully saturated rings. The molecule has 0 radical (unpaired) electrons. The van der Waals surface area contributed by atoms with Gasteiger partial charge in [-0.2, -0.15) is 0 Å². The van der Waals surface area contributed by atoms with Crippen LogP contribution >= 0.6 is 23.1 Å². The van der Waals surface area contributed by atoms with Crippen LogP contribution in [0.3, 0.4) is 0 Å². The Labute approximate surface area is 151 Å². The first-order valence-corrected chi connectivity index (χ1v) is 9.70. The van der Waals surface area contributed by atoms with E-state index in [1.807, 2.05) is 0 Å². The monoisotopic (exact) mass is 376 g/mol. The summed E-state index contributed by atoms with van der Waals surface area (Å²) in [6.07, 6.45) is 3.09. The molecule has 3 aromatic rings. The van der Waals surface area contributed by atoms with E-state index in [4.69, 9.17) is 4.52 Å². The molecule has 9 heteroatoms. The van der Waals surface area contributed by atoms with Gasteiger partial charge in [0.15, 0.2) is 5.16 Å². The number of nitrogens with one attached hydrogen (secondary N) is 1. The Morgan fingerprint density at radius 1 is 1.48 bits per heavy atom. The zero-order valence-corrected chi connectivity index (χ0v) is 15.4. The van der Waals surface area contributed by atoms with Crippen molar-refractivity contribution in [3.63, 3.8) is 0 Å². The third kappa shape index (κ3) is 2.98. The molecule has 0 saturated carbocycles. The molecule has 1 N–H and O–H groups in total. The van der Waals surface area contributed by atoms with Crippen molar-refractivity contribution in [3.05, 3.63) is 32.6 Å². The molecule has 7 nitrogen and oxygen atoms in total. The minimum absolute atomic E-state index is 0.0295. The number of hydrogen-bond donors (Lipinski definition) is 1. The summed E-state index contributed by atoms with van der Waals surface area (Å²) in [5.74, 6) is 0.218. The lowest BCUT2D eigenvalue weighted by Gasteiger charge is -2.07. The summed E-state index contributed by atoms with van der Waals surface area (Å²) < 4.78 is 6.49. The number of thioether (sulfide) groups is 1. The molecule has 1 aliphatic rings. The zero-order valence-electron chi connectivity index (χ0n) is 13.8. The summed E-state index contributed by atoms with van der Waals surface area (Å²) in [4.78, 5) is 31.4. The molecule has 0 aliphatic heterocycles. The zero-order chi connectivity index (χ0) is 17.6. The molecule has 0 aromatic carbocycles. The number of aryl methyl sites for hydroxylation is 3. The molecule has 0 spiro atoms. The number of carbonyl (C=O) groups excluding carboxylic acids is 1. The SMILES string of the molecule is Cc1cc(NC(=O)CSc2nc3sc4c(c3c(=O)n2C)CCC4)on1. The number of nitrogens with zero attached hydrogens (tertiary/aromatic N) is 3. The average molecular weight is 376 g/mol. The summed E-state index contributed by atoms with van der Waals surface area (Å²) in [6.45, 7) is 1.78. The lowest BCUT2D eigenvalue weighted by molar-refractivity contribution is -0.113. The summed E-state index contributed by atoms with van der Waals surface area (Å²) >= 11 is 2.84. The highest BCUT2D eigenvalue weighted by atomic mass is 32.2. The summed E-state index contributed by atoms with van der Waals surface area (Å²) in [6, 6.07) is 1.65. The highest BCUT2D eigenvalue weighted by Gasteiger charge is 2.22. The normalized spacial score (nSPS) is 13.4. The first-order chi connectivity index (χ1) is 12.0. The van der Waals surface area contributed by atoms with Gasteiger partial charge in [-0.25, -0.2) is 4.98 Å². The van der Waals surface area contributed by atoms with E-state index in [0.29, 0.717) is 16.7 Å². The van der Waals surface area contributed by atoms with Gasteiger partial charge in [0, 0.05) is 18.0 Å². The van der Waals surface area contributed by atoms with Gasteiger partial charge in [-0.3, -0.25) is 19.5 Å². The van der Waals surface area contributed by atoms with Crippen molar-refractivity contribution in [2.24, 2.45) is 7.05 Å². The maximum Gasteiger partial charge on any atom is 0.262 e. The van der Waals surface area contributed by atoms with Gasteiger partial charge in [0.1, 0.15) is 4.83 Å². The largest absolute Gasteiger partial charge is 0.338 e. The number of fused-ring (bicyclic) bond motifs is 3. The maximum atomic E-state index is 12.7. The predicted octanol–water partition coefficient (Wildman–Crippen LogP) is 2.51. The first-order valence-electron chi connectivity index (χ1n) is 7.90. The molecule has 0 saturated heterocycles. The Hall–Kier alpha value is -2.13. The molecule has 25 heavy (non-hydrogen) atoms. The number of aromatic nitrogens is 3. The fourth-order valence-electron chi connectivity index (χ4n) is 2.96. The van der Waals surface area contributed by atoms with Gasteiger partial charge in [0.2, 0.25) is 11.8 Å². The van der Waals surface area contributed by atoms with Crippen molar-refractivity contribution in [1.29, 1.82) is 0 Å². The Kier molecular flexibility index (Phi) is 4.12. The standard InChI is InChI=1S/C16H16N4O3S2/c1-8-6-12(23-19-8)17-11(21)7-24-16-18-14-13(15(22)20(16)2)9-4-3-5-10(9)25-14/h6H,3-5,7H2,1-2H3,(H,17,21). The van der Waals surface area contributed by atoms with Gasteiger partial charge in [-0.1, -0.05) is 16.9 Å². The number of hydrogen-bond acceptors (Lipinski definition) is 7. The smallest absolute Gasteiger partial charge is 0.262 e. The van der Waals surface area contributed by atoms with Crippen LogP contribution in [0.1, 0.15) is 22.6 Å². The minimum Gasteiger partial charge on any atom is -0.338 e. The van der Waals surface area contributed by atoms with Gasteiger partial charge in [0.25, 0.3) is 5.56 Å². The Morgan fingerprint density at radius 3 is 3.08 bits per heavy atom. The van der Waals surface area contributed by atoms with Gasteiger partial charge in [-0.15, -0.1) is 11.3 Å². The van der Waals surface area contributed by atoms with E-state index in [-0.39, 0.29) is 17.2 Å². The van der Waals surface area contributed by atoms with Crippen molar-refractivity contribution >= 4 is 45.1 Å². The van der Waals surface area contributed by atoms with E-state index in [0.717, 1.165) is 29.5 Å². The number of amides is 1. The Morgan fingerprint density at radius 2 is 2.32 bits per heavy atom. The third-order valence-corrected chi connectivity index (χ3v) is 6.34. The molecular formula is C16H16N4O3S2. The maximum absolute atomic E-state index is 12.7. The summed E-state index contributed by atoms with van der Waals surface area (Å²) in [5, 5.41) is 7.65. The van der Waals surface area contributed by atoms with E-state index < -0.39 is 0 Å². The molecule has 0 unspecified atom stereocenters. The van der Waals surface area contributed by atoms with Crippen LogP contribution in [-0.4, -0.2) is 26.4 Å². The van der Waals surface area contributed by atoms with Crippen LogP contribution in [-0.2, 0) is 24.7 Å². The van der Waals surface area contributed by atoms with Crippen molar-refractivity contribution < 1.29 is 9.32 Å². The lowest BCUT2D eigenvalue weighted by atomic mass is 10.2. The summed E-state index contributed by atoms with van der Waals surface area (Å²) in [5.41, 5.74) is 1.84. The van der Waals surface area contributed by atoms with E-state index >= 15 is 0 Å². The second-order valence-corrected chi connectivity index (χ2v) is 7.99. The molecule has 0 bridgehead atoms. The molecule has 0 atom stereocenters. The fourth-order valence-corrected chi connectivity index (χ4v) is 5.04. The molecule has 1 amide bonds. The van der Waals surface area contributed by atoms with Crippen molar-refractivity contribution in [3.8, 4) is 0 Å². The molecular weight excluding hydrogens is 360 g/mol. The Balaban J connectivity index is 1.54. The minimum atomic E-state index is -0.232. The van der Waals surface area contributed by atoms with Crippen LogP contribution < -0.4 is 10.9 Å². The van der Waals surface area contributed by atoms with Crippen LogP contribution in [0.2, 0.25) is 0 Å². The van der Waals surface area contributed by atoms with Gasteiger partial charge in [0.05, 0.1) is 16.8 Å². The van der Waals surface area contributed by atoms with Gasteiger partial charge in [-0.05, 0) is 31.7 Å². The first kappa shape index (κ1) is 16.3. The Bertz CT molecular complexity index is 1030. The second-order valence-electron chi connectivity index (χ2n) is 5.97. The quantitative estimate of drug-likeness (QED) is 0.556. The van der Waals surface area contributed by atoms with Crippen LogP contribution in [0, 0.1) is 6.92 Å². The van der Waals surface area contributed by atoms with Crippen molar-refractivity contribution in [2.75, 3.05) is 11.1 Å². The third-order valence-electron chi connectivity index (χ3n) is 4.13. The second kappa shape index (κ2) is 6.30. The van der Waals surface area contributed by atoms with Crippen LogP contribution in [0.5, 0.6) is 0 Å². The van der Waals surface area contributed by atoms with E-state index in [9.17, 15) is 9.59 Å². The predicted molar refractivity (Wildman–Crippen MR) is 97.5 cm³/mol. The van der Waals surface area contributed by atoms with E-state index in [1.54, 1.807) is 31.4 Å². The van der Waals surface area contributed by atoms with E-state index in [1.165, 1.54) is 26.8 Å². The molecule has 3 heterocycles. The topological polar surface area (TPSA) is 90.0 Å². The van der Waals surface area contributed by atoms with Crippen LogP contribution in [0.25, 0.3) is 10.2 Å². The average Bonchev–Trinajstić information content (AvgIpc) is 3.25. The highest BCUT2D eigenvalue weighted by Crippen LogP contribution is 2.35. The molecule has 1 aliphatic carbocycles. The van der Waals surface area contributed by atoms with E-state index in [2.05, 4.69) is 15.5 Å². The molecule has 3 aromatic heterocycles. The molecule has 130 valence electrons. The van der Waals surface area contributed by atoms with Crippen LogP contribution in [0.4, 0.5) is 5.88 Å². The summed E-state index contributed by atoms with van der Waals surface area (Å²) in [7, 11) is 1.70. The number of rotatable bonds is 4. The highest BCUT2D eigenvalue weighted by molar-refractivity contribution is 7.99. The van der Waals surface area contributed by atoms with Crippen molar-refractivity contribution in [1.82, 2.24) is 14.7 Å².